The van der Waals surface area contributed by atoms with Crippen LogP contribution in [0.25, 0.3) is 0 Å². The Morgan fingerprint density at radius 2 is 1.81 bits per heavy atom. The van der Waals surface area contributed by atoms with E-state index in [2.05, 4.69) is 35.2 Å². The fourth-order valence-electron chi connectivity index (χ4n) is 4.49. The van der Waals surface area contributed by atoms with Crippen LogP contribution in [0.3, 0.4) is 0 Å². The zero-order valence-electron chi connectivity index (χ0n) is 15.2. The molecule has 2 aliphatic heterocycles. The van der Waals surface area contributed by atoms with Gasteiger partial charge in [0.25, 0.3) is 0 Å². The van der Waals surface area contributed by atoms with Gasteiger partial charge in [0.05, 0.1) is 0 Å². The number of nitrogens with two attached hydrogens (primary N) is 1. The van der Waals surface area contributed by atoms with Gasteiger partial charge in [-0.15, -0.1) is 0 Å². The van der Waals surface area contributed by atoms with Gasteiger partial charge in [0.2, 0.25) is 5.91 Å². The van der Waals surface area contributed by atoms with E-state index in [1.807, 2.05) is 19.1 Å². The summed E-state index contributed by atoms with van der Waals surface area (Å²) in [4.78, 5) is 14.0. The van der Waals surface area contributed by atoms with Gasteiger partial charge in [-0.25, -0.2) is 0 Å². The van der Waals surface area contributed by atoms with Crippen LogP contribution in [-0.2, 0) is 6.54 Å². The molecule has 2 saturated heterocycles. The number of amides is 1. The van der Waals surface area contributed by atoms with E-state index in [9.17, 15) is 4.79 Å². The second-order valence-corrected chi connectivity index (χ2v) is 7.60. The van der Waals surface area contributed by atoms with E-state index >= 15 is 0 Å². The van der Waals surface area contributed by atoms with E-state index in [1.54, 1.807) is 6.07 Å². The molecule has 4 heteroatoms. The molecule has 2 aromatic carbocycles. The fraction of sp³-hybridized carbons (Fsp3) is 0.409. The van der Waals surface area contributed by atoms with Crippen molar-refractivity contribution in [2.45, 2.75) is 57.3 Å². The molecule has 0 saturated carbocycles. The normalized spacial score (nSPS) is 25.2. The molecular formula is C22H26N2O2. The first-order valence-corrected chi connectivity index (χ1v) is 9.47. The molecule has 3 atom stereocenters. The molecule has 0 aliphatic carbocycles. The zero-order chi connectivity index (χ0) is 18.1. The number of hydrogen-bond acceptors (Lipinski definition) is 3. The molecule has 1 unspecified atom stereocenters. The van der Waals surface area contributed by atoms with E-state index in [4.69, 9.17) is 10.5 Å². The number of carbonyl (C=O) groups is 1. The number of ether oxygens (including phenoxy) is 1. The highest BCUT2D eigenvalue weighted by atomic mass is 16.5. The van der Waals surface area contributed by atoms with Crippen LogP contribution in [0.5, 0.6) is 5.75 Å². The summed E-state index contributed by atoms with van der Waals surface area (Å²) in [5.74, 6) is 0.475. The Hall–Kier alpha value is -2.33. The molecule has 2 aromatic rings. The predicted molar refractivity (Wildman–Crippen MR) is 102 cm³/mol. The van der Waals surface area contributed by atoms with Crippen LogP contribution in [0, 0.1) is 6.92 Å². The summed E-state index contributed by atoms with van der Waals surface area (Å²) in [5, 5.41) is 0. The summed E-state index contributed by atoms with van der Waals surface area (Å²) < 4.78 is 6.32. The van der Waals surface area contributed by atoms with Crippen molar-refractivity contribution < 1.29 is 9.53 Å². The van der Waals surface area contributed by atoms with Crippen molar-refractivity contribution in [3.05, 3.63) is 65.2 Å². The maximum Gasteiger partial charge on any atom is 0.248 e. The third-order valence-electron chi connectivity index (χ3n) is 5.80. The van der Waals surface area contributed by atoms with Crippen molar-refractivity contribution in [2.24, 2.45) is 5.73 Å². The highest BCUT2D eigenvalue weighted by Crippen LogP contribution is 2.38. The summed E-state index contributed by atoms with van der Waals surface area (Å²) >= 11 is 0. The Morgan fingerprint density at radius 3 is 2.42 bits per heavy atom. The third kappa shape index (κ3) is 3.47. The van der Waals surface area contributed by atoms with Gasteiger partial charge in [0.15, 0.2) is 0 Å². The van der Waals surface area contributed by atoms with Gasteiger partial charge in [0.1, 0.15) is 11.9 Å². The van der Waals surface area contributed by atoms with Crippen LogP contribution in [0.2, 0.25) is 0 Å². The van der Waals surface area contributed by atoms with Crippen molar-refractivity contribution in [1.29, 1.82) is 0 Å². The molecule has 2 heterocycles. The van der Waals surface area contributed by atoms with E-state index in [0.29, 0.717) is 17.6 Å². The monoisotopic (exact) mass is 350 g/mol. The number of aryl methyl sites for hydroxylation is 1. The first-order chi connectivity index (χ1) is 12.6. The maximum atomic E-state index is 11.3. The first kappa shape index (κ1) is 17.1. The molecule has 0 spiro atoms. The van der Waals surface area contributed by atoms with Gasteiger partial charge in [0, 0.05) is 24.2 Å². The van der Waals surface area contributed by atoms with Crippen molar-refractivity contribution >= 4 is 5.91 Å². The third-order valence-corrected chi connectivity index (χ3v) is 5.80. The summed E-state index contributed by atoms with van der Waals surface area (Å²) in [6.45, 7) is 3.01. The number of carbonyl (C=O) groups excluding carboxylic acids is 1. The standard InChI is InChI=1S/C22H26N2O2/c1-15-11-17(22(23)25)7-10-21(15)26-20-12-18-8-9-19(13-20)24(18)14-16-5-3-2-4-6-16/h2-7,10-11,18-20H,8-9,12-14H2,1H3,(H2,23,25)/t18-,19+,20?. The fourth-order valence-corrected chi connectivity index (χ4v) is 4.49. The number of hydrogen-bond donors (Lipinski definition) is 1. The second kappa shape index (κ2) is 7.12. The van der Waals surface area contributed by atoms with Crippen molar-refractivity contribution in [2.75, 3.05) is 0 Å². The predicted octanol–water partition coefficient (Wildman–Crippen LogP) is 3.67. The molecule has 1 amide bonds. The molecule has 4 nitrogen and oxygen atoms in total. The number of nitrogens with zero attached hydrogens (tertiary/aromatic N) is 1. The maximum absolute atomic E-state index is 11.3. The number of rotatable bonds is 5. The molecule has 2 fully saturated rings. The van der Waals surface area contributed by atoms with Gasteiger partial charge < -0.3 is 10.5 Å². The SMILES string of the molecule is Cc1cc(C(N)=O)ccc1OC1C[C@H]2CC[C@@H](C1)N2Cc1ccccc1. The molecule has 2 bridgehead atoms. The number of primary amides is 1. The Morgan fingerprint density at radius 1 is 1.12 bits per heavy atom. The molecule has 4 rings (SSSR count). The lowest BCUT2D eigenvalue weighted by atomic mass is 9.98. The van der Waals surface area contributed by atoms with Gasteiger partial charge in [-0.1, -0.05) is 30.3 Å². The minimum atomic E-state index is -0.396. The minimum Gasteiger partial charge on any atom is -0.490 e. The molecule has 136 valence electrons. The molecule has 2 aliphatic rings. The highest BCUT2D eigenvalue weighted by Gasteiger charge is 2.41. The van der Waals surface area contributed by atoms with Crippen LogP contribution in [0.1, 0.15) is 47.2 Å². The first-order valence-electron chi connectivity index (χ1n) is 9.47. The Balaban J connectivity index is 1.42. The second-order valence-electron chi connectivity index (χ2n) is 7.60. The molecule has 0 radical (unpaired) electrons. The van der Waals surface area contributed by atoms with E-state index < -0.39 is 5.91 Å². The van der Waals surface area contributed by atoms with Crippen LogP contribution in [0.15, 0.2) is 48.5 Å². The van der Waals surface area contributed by atoms with E-state index in [0.717, 1.165) is 30.7 Å². The summed E-state index contributed by atoms with van der Waals surface area (Å²) in [6, 6.07) is 17.4. The Kier molecular flexibility index (Phi) is 4.68. The topological polar surface area (TPSA) is 55.6 Å². The van der Waals surface area contributed by atoms with Gasteiger partial charge in [-0.2, -0.15) is 0 Å². The Bertz CT molecular complexity index is 776. The summed E-state index contributed by atoms with van der Waals surface area (Å²) in [5.41, 5.74) is 8.25. The van der Waals surface area contributed by atoms with E-state index in [1.165, 1.54) is 18.4 Å². The highest BCUT2D eigenvalue weighted by molar-refractivity contribution is 5.93. The smallest absolute Gasteiger partial charge is 0.248 e. The minimum absolute atomic E-state index is 0.248. The lowest BCUT2D eigenvalue weighted by Gasteiger charge is -2.39. The lowest BCUT2D eigenvalue weighted by Crippen LogP contribution is -2.45. The van der Waals surface area contributed by atoms with Crippen LogP contribution in [-0.4, -0.2) is 29.0 Å². The van der Waals surface area contributed by atoms with Crippen LogP contribution in [0.4, 0.5) is 0 Å². The largest absolute Gasteiger partial charge is 0.490 e. The molecule has 2 N–H and O–H groups in total. The average Bonchev–Trinajstić information content (AvgIpc) is 2.87. The number of piperidine rings is 1. The molecular weight excluding hydrogens is 324 g/mol. The van der Waals surface area contributed by atoms with Crippen LogP contribution < -0.4 is 10.5 Å². The number of fused-ring (bicyclic) bond motifs is 2. The van der Waals surface area contributed by atoms with Gasteiger partial charge >= 0.3 is 0 Å². The van der Waals surface area contributed by atoms with Crippen molar-refractivity contribution in [3.8, 4) is 5.75 Å². The summed E-state index contributed by atoms with van der Waals surface area (Å²) in [6.07, 6.45) is 4.91. The average molecular weight is 350 g/mol. The number of benzene rings is 2. The lowest BCUT2D eigenvalue weighted by molar-refractivity contribution is 0.0442. The van der Waals surface area contributed by atoms with E-state index in [-0.39, 0.29) is 6.10 Å². The zero-order valence-corrected chi connectivity index (χ0v) is 15.2. The van der Waals surface area contributed by atoms with Gasteiger partial charge in [-0.05, 0) is 61.9 Å². The van der Waals surface area contributed by atoms with Crippen LogP contribution >= 0.6 is 0 Å². The van der Waals surface area contributed by atoms with Crippen molar-refractivity contribution in [1.82, 2.24) is 4.90 Å². The molecule has 26 heavy (non-hydrogen) atoms. The summed E-state index contributed by atoms with van der Waals surface area (Å²) in [7, 11) is 0. The van der Waals surface area contributed by atoms with Gasteiger partial charge in [-0.3, -0.25) is 9.69 Å². The Labute approximate surface area is 155 Å². The molecule has 0 aromatic heterocycles. The quantitative estimate of drug-likeness (QED) is 0.895. The van der Waals surface area contributed by atoms with Crippen molar-refractivity contribution in [3.63, 3.8) is 0 Å².